The molecule has 5 rings (SSSR count). The number of ether oxygens (including phenoxy) is 2. The molecule has 3 aliphatic heterocycles. The summed E-state index contributed by atoms with van der Waals surface area (Å²) in [5.74, 6) is -3.68. The molecule has 0 unspecified atom stereocenters. The number of amides is 3. The predicted molar refractivity (Wildman–Crippen MR) is 168 cm³/mol. The number of fused-ring (bicyclic) bond motifs is 2. The third-order valence-electron chi connectivity index (χ3n) is 9.42. The molecule has 0 radical (unpaired) electrons. The maximum Gasteiger partial charge on any atom is 0.312 e. The molecule has 248 valence electrons. The molecule has 3 saturated heterocycles. The Kier molecular flexibility index (Phi) is 9.92. The molecule has 3 aliphatic rings. The fourth-order valence-corrected chi connectivity index (χ4v) is 7.24. The normalized spacial score (nSPS) is 26.2. The molecule has 1 spiro atoms. The highest BCUT2D eigenvalue weighted by Gasteiger charge is 2.75. The molecule has 1 aromatic heterocycles. The Balaban J connectivity index is 1.44. The zero-order valence-electron chi connectivity index (χ0n) is 26.7. The van der Waals surface area contributed by atoms with Gasteiger partial charge in [0, 0.05) is 13.0 Å². The van der Waals surface area contributed by atoms with Gasteiger partial charge in [0.25, 0.3) is 0 Å². The van der Waals surface area contributed by atoms with Gasteiger partial charge in [-0.1, -0.05) is 43.3 Å². The molecule has 2 aromatic rings. The van der Waals surface area contributed by atoms with Gasteiger partial charge >= 0.3 is 5.97 Å². The number of benzene rings is 1. The zero-order valence-corrected chi connectivity index (χ0v) is 26.7. The minimum absolute atomic E-state index is 0.0427. The van der Waals surface area contributed by atoms with Crippen molar-refractivity contribution in [2.24, 2.45) is 17.8 Å². The second kappa shape index (κ2) is 13.7. The van der Waals surface area contributed by atoms with Gasteiger partial charge in [0.05, 0.1) is 42.6 Å². The van der Waals surface area contributed by atoms with Crippen LogP contribution in [0, 0.1) is 17.8 Å². The summed E-state index contributed by atoms with van der Waals surface area (Å²) >= 11 is 0. The largest absolute Gasteiger partial charge is 0.460 e. The van der Waals surface area contributed by atoms with Gasteiger partial charge in [0.2, 0.25) is 17.7 Å². The van der Waals surface area contributed by atoms with Gasteiger partial charge in [-0.15, -0.1) is 18.3 Å². The molecule has 7 atom stereocenters. The van der Waals surface area contributed by atoms with Crippen molar-refractivity contribution in [3.05, 3.63) is 49.6 Å². The van der Waals surface area contributed by atoms with Gasteiger partial charge in [-0.3, -0.25) is 19.2 Å². The first-order valence-electron chi connectivity index (χ1n) is 15.9. The number of esters is 1. The van der Waals surface area contributed by atoms with E-state index in [1.54, 1.807) is 28.7 Å². The van der Waals surface area contributed by atoms with Crippen molar-refractivity contribution in [3.8, 4) is 0 Å². The van der Waals surface area contributed by atoms with E-state index in [0.29, 0.717) is 24.8 Å². The minimum Gasteiger partial charge on any atom is -0.460 e. The molecule has 13 heteroatoms. The number of likely N-dealkylation sites (tertiary alicyclic amines) is 1. The topological polar surface area (TPSA) is 156 Å². The lowest BCUT2D eigenvalue weighted by Gasteiger charge is -2.40. The van der Waals surface area contributed by atoms with Crippen LogP contribution < -0.4 is 5.32 Å². The van der Waals surface area contributed by atoms with Crippen LogP contribution in [0.2, 0.25) is 0 Å². The number of hydrogen-bond donors (Lipinski definition) is 2. The van der Waals surface area contributed by atoms with Crippen LogP contribution in [0.1, 0.15) is 46.5 Å². The molecule has 1 aromatic carbocycles. The first-order chi connectivity index (χ1) is 22.1. The average molecular weight is 637 g/mol. The van der Waals surface area contributed by atoms with Crippen LogP contribution in [-0.4, -0.2) is 103 Å². The van der Waals surface area contributed by atoms with Crippen molar-refractivity contribution < 1.29 is 33.8 Å². The Morgan fingerprint density at radius 2 is 2.00 bits per heavy atom. The van der Waals surface area contributed by atoms with Gasteiger partial charge in [-0.25, -0.2) is 4.68 Å². The number of rotatable bonds is 15. The molecule has 0 aliphatic carbocycles. The van der Waals surface area contributed by atoms with Crippen molar-refractivity contribution in [1.82, 2.24) is 30.1 Å². The summed E-state index contributed by atoms with van der Waals surface area (Å²) in [6, 6.07) is 5.62. The van der Waals surface area contributed by atoms with Crippen LogP contribution in [-0.2, 0) is 35.3 Å². The Bertz CT molecular complexity index is 1490. The summed E-state index contributed by atoms with van der Waals surface area (Å²) < 4.78 is 13.9. The molecular formula is C33H44N6O7. The van der Waals surface area contributed by atoms with Crippen LogP contribution >= 0.6 is 0 Å². The van der Waals surface area contributed by atoms with E-state index >= 15 is 0 Å². The lowest BCUT2D eigenvalue weighted by atomic mass is 9.70. The fraction of sp³-hybridized carbons (Fsp3) is 0.576. The Labute approximate surface area is 268 Å². The summed E-state index contributed by atoms with van der Waals surface area (Å²) in [4.78, 5) is 57.9. The van der Waals surface area contributed by atoms with Gasteiger partial charge in [0.1, 0.15) is 29.9 Å². The molecule has 2 N–H and O–H groups in total. The third-order valence-corrected chi connectivity index (χ3v) is 9.42. The van der Waals surface area contributed by atoms with Gasteiger partial charge in [-0.05, 0) is 44.2 Å². The first kappa shape index (κ1) is 33.3. The summed E-state index contributed by atoms with van der Waals surface area (Å²) in [6.45, 7) is 12.8. The van der Waals surface area contributed by atoms with E-state index in [4.69, 9.17) is 9.47 Å². The summed E-state index contributed by atoms with van der Waals surface area (Å²) in [7, 11) is 0. The molecule has 13 nitrogen and oxygen atoms in total. The number of aliphatic hydroxyl groups is 1. The van der Waals surface area contributed by atoms with Crippen molar-refractivity contribution in [3.63, 3.8) is 0 Å². The molecule has 46 heavy (non-hydrogen) atoms. The minimum atomic E-state index is -1.28. The van der Waals surface area contributed by atoms with E-state index in [2.05, 4.69) is 28.8 Å². The van der Waals surface area contributed by atoms with E-state index in [-0.39, 0.29) is 50.5 Å². The summed E-state index contributed by atoms with van der Waals surface area (Å²) in [5, 5.41) is 21.7. The monoisotopic (exact) mass is 636 g/mol. The highest BCUT2D eigenvalue weighted by atomic mass is 16.6. The second-order valence-corrected chi connectivity index (χ2v) is 12.7. The molecule has 3 fully saturated rings. The predicted octanol–water partition coefficient (Wildman–Crippen LogP) is 1.81. The van der Waals surface area contributed by atoms with E-state index in [9.17, 15) is 24.3 Å². The number of carbonyl (C=O) groups is 4. The Morgan fingerprint density at radius 3 is 2.70 bits per heavy atom. The van der Waals surface area contributed by atoms with Gasteiger partial charge in [0.15, 0.2) is 0 Å². The fourth-order valence-electron chi connectivity index (χ4n) is 7.24. The molecule has 4 heterocycles. The van der Waals surface area contributed by atoms with E-state index in [0.717, 1.165) is 5.52 Å². The number of hydrogen-bond acceptors (Lipinski definition) is 9. The zero-order chi connectivity index (χ0) is 33.2. The lowest BCUT2D eigenvalue weighted by Crippen LogP contribution is -2.59. The highest BCUT2D eigenvalue weighted by molar-refractivity contribution is 5.98. The van der Waals surface area contributed by atoms with Crippen molar-refractivity contribution in [2.75, 3.05) is 19.7 Å². The number of nitrogens with zero attached hydrogens (tertiary/aromatic N) is 5. The van der Waals surface area contributed by atoms with E-state index in [1.807, 2.05) is 38.1 Å². The Hall–Kier alpha value is -4.10. The van der Waals surface area contributed by atoms with Crippen molar-refractivity contribution in [1.29, 1.82) is 0 Å². The van der Waals surface area contributed by atoms with Crippen molar-refractivity contribution >= 4 is 34.7 Å². The lowest BCUT2D eigenvalue weighted by molar-refractivity contribution is -0.160. The number of aromatic nitrogens is 3. The van der Waals surface area contributed by atoms with E-state index < -0.39 is 53.6 Å². The van der Waals surface area contributed by atoms with Crippen LogP contribution in [0.5, 0.6) is 0 Å². The van der Waals surface area contributed by atoms with Gasteiger partial charge < -0.3 is 29.7 Å². The number of aliphatic hydroxyl groups excluding tert-OH is 1. The van der Waals surface area contributed by atoms with Crippen LogP contribution in [0.3, 0.4) is 0 Å². The average Bonchev–Trinajstić information content (AvgIpc) is 3.78. The molecule has 0 saturated carbocycles. The number of carbonyl (C=O) groups excluding carboxylic acids is 4. The quantitative estimate of drug-likeness (QED) is 0.220. The number of nitrogens with one attached hydrogen (secondary N) is 1. The summed E-state index contributed by atoms with van der Waals surface area (Å²) in [5.41, 5.74) is 0.133. The third kappa shape index (κ3) is 5.93. The smallest absolute Gasteiger partial charge is 0.312 e. The molecule has 3 amide bonds. The first-order valence-corrected chi connectivity index (χ1v) is 15.9. The number of para-hydroxylation sites is 1. The Morgan fingerprint density at radius 1 is 1.24 bits per heavy atom. The standard InChI is InChI=1S/C33H44N6O7/c1-6-8-13-26(41)34-17-21(5)45-32(44)27-25-14-15-33(46-25)28(27)30(42)39(24(18-40)20(3)4)29(33)31(43)37(16-7-2)19-38-23-12-10-9-11-22(23)35-36-38/h6-7,9-12,20-21,24-25,27-29,40H,1-2,8,13-19H2,3-5H3,(H,34,41)/t21-,24-,25+,27-,28-,29+,33-/m0/s1. The van der Waals surface area contributed by atoms with Crippen LogP contribution in [0.4, 0.5) is 0 Å². The SMILES string of the molecule is C=CCCC(=O)NC[C@H](C)OC(=O)[C@@H]1[C@H]2C(=O)N([C@@H](CO)C(C)C)[C@H](C(=O)N(CC=C)Cn3nnc4ccccc43)[C@]23CC[C@H]1O3. The summed E-state index contributed by atoms with van der Waals surface area (Å²) in [6.07, 6.45) is 3.68. The highest BCUT2D eigenvalue weighted by Crippen LogP contribution is 2.59. The van der Waals surface area contributed by atoms with Gasteiger partial charge in [-0.2, -0.15) is 0 Å². The van der Waals surface area contributed by atoms with Crippen LogP contribution in [0.15, 0.2) is 49.6 Å². The van der Waals surface area contributed by atoms with E-state index in [1.165, 1.54) is 4.90 Å². The second-order valence-electron chi connectivity index (χ2n) is 12.7. The molecular weight excluding hydrogens is 592 g/mol. The number of allylic oxidation sites excluding steroid dienone is 1. The maximum atomic E-state index is 14.7. The van der Waals surface area contributed by atoms with Crippen molar-refractivity contribution in [2.45, 2.75) is 83.0 Å². The van der Waals surface area contributed by atoms with Crippen LogP contribution in [0.25, 0.3) is 11.0 Å². The molecule has 2 bridgehead atoms. The maximum absolute atomic E-state index is 14.7.